The van der Waals surface area contributed by atoms with E-state index in [1.165, 1.54) is 4.90 Å². The molecule has 0 saturated carbocycles. The van der Waals surface area contributed by atoms with Gasteiger partial charge in [-0.2, -0.15) is 0 Å². The Balaban J connectivity index is 2.10. The second kappa shape index (κ2) is 6.45. The van der Waals surface area contributed by atoms with E-state index in [9.17, 15) is 23.1 Å². The molecule has 1 unspecified atom stereocenters. The van der Waals surface area contributed by atoms with Gasteiger partial charge in [0.25, 0.3) is 0 Å². The zero-order valence-corrected chi connectivity index (χ0v) is 13.0. The number of sulfonamides is 1. The van der Waals surface area contributed by atoms with Crippen molar-refractivity contribution in [2.24, 2.45) is 0 Å². The van der Waals surface area contributed by atoms with E-state index >= 15 is 0 Å². The fourth-order valence-corrected chi connectivity index (χ4v) is 2.97. The lowest BCUT2D eigenvalue weighted by Crippen LogP contribution is -2.49. The number of fused-ring (bicyclic) bond motifs is 1. The Hall–Kier alpha value is -1.93. The predicted octanol–water partition coefficient (Wildman–Crippen LogP) is -0.0362. The van der Waals surface area contributed by atoms with E-state index in [4.69, 9.17) is 0 Å². The van der Waals surface area contributed by atoms with Gasteiger partial charge in [0.15, 0.2) is 0 Å². The van der Waals surface area contributed by atoms with Crippen LogP contribution in [0.5, 0.6) is 0 Å². The molecule has 0 aliphatic carbocycles. The van der Waals surface area contributed by atoms with Gasteiger partial charge < -0.3 is 10.0 Å². The first-order valence-corrected chi connectivity index (χ1v) is 8.71. The number of carbonyl (C=O) groups excluding carboxylic acids is 1. The Labute approximate surface area is 129 Å². The average Bonchev–Trinajstić information content (AvgIpc) is 2.44. The number of aliphatic carboxylic acids is 1. The Morgan fingerprint density at radius 3 is 2.55 bits per heavy atom. The smallest absolute Gasteiger partial charge is 0.326 e. The summed E-state index contributed by atoms with van der Waals surface area (Å²) in [4.78, 5) is 24.9. The first-order chi connectivity index (χ1) is 10.3. The summed E-state index contributed by atoms with van der Waals surface area (Å²) >= 11 is 0. The summed E-state index contributed by atoms with van der Waals surface area (Å²) in [6, 6.07) is 6.49. The van der Waals surface area contributed by atoms with Crippen LogP contribution in [0.4, 0.5) is 0 Å². The molecule has 2 rings (SSSR count). The zero-order valence-electron chi connectivity index (χ0n) is 12.2. The van der Waals surface area contributed by atoms with Gasteiger partial charge in [0.2, 0.25) is 15.9 Å². The number of benzene rings is 1. The maximum Gasteiger partial charge on any atom is 0.326 e. The van der Waals surface area contributed by atoms with Crippen LogP contribution >= 0.6 is 0 Å². The third-order valence-corrected chi connectivity index (χ3v) is 4.29. The number of nitrogens with one attached hydrogen (secondary N) is 1. The van der Waals surface area contributed by atoms with Crippen molar-refractivity contribution in [3.63, 3.8) is 0 Å². The molecular formula is C14H18N2O5S. The lowest BCUT2D eigenvalue weighted by molar-refractivity contribution is -0.151. The topological polar surface area (TPSA) is 104 Å². The maximum absolute atomic E-state index is 12.2. The molecule has 8 heteroatoms. The van der Waals surface area contributed by atoms with Crippen LogP contribution in [0.2, 0.25) is 0 Å². The minimum absolute atomic E-state index is 0.0395. The van der Waals surface area contributed by atoms with Crippen LogP contribution in [0.3, 0.4) is 0 Å². The molecule has 1 amide bonds. The number of nitrogens with zero attached hydrogens (tertiary/aromatic N) is 1. The van der Waals surface area contributed by atoms with Crippen molar-refractivity contribution < 1.29 is 23.1 Å². The molecule has 22 heavy (non-hydrogen) atoms. The molecule has 7 nitrogen and oxygen atoms in total. The predicted molar refractivity (Wildman–Crippen MR) is 79.6 cm³/mol. The summed E-state index contributed by atoms with van der Waals surface area (Å²) in [7, 11) is -3.37. The SMILES string of the molecule is CS(=O)(=O)NCCC(=O)N1Cc2ccccc2CC1C(=O)O. The Bertz CT molecular complexity index is 686. The number of carbonyl (C=O) groups is 2. The number of carboxylic acid groups (broad SMARTS) is 1. The Morgan fingerprint density at radius 1 is 1.32 bits per heavy atom. The lowest BCUT2D eigenvalue weighted by Gasteiger charge is -2.34. The average molecular weight is 326 g/mol. The van der Waals surface area contributed by atoms with Crippen LogP contribution in [0.1, 0.15) is 17.5 Å². The third-order valence-electron chi connectivity index (χ3n) is 3.56. The summed E-state index contributed by atoms with van der Waals surface area (Å²) in [6.07, 6.45) is 1.20. The third kappa shape index (κ3) is 4.05. The molecular weight excluding hydrogens is 308 g/mol. The molecule has 0 spiro atoms. The van der Waals surface area contributed by atoms with Gasteiger partial charge in [-0.05, 0) is 11.1 Å². The molecule has 1 atom stereocenters. The van der Waals surface area contributed by atoms with E-state index in [2.05, 4.69) is 4.72 Å². The molecule has 1 aromatic carbocycles. The molecule has 120 valence electrons. The highest BCUT2D eigenvalue weighted by Crippen LogP contribution is 2.24. The van der Waals surface area contributed by atoms with Crippen LogP contribution in [-0.2, 0) is 32.6 Å². The molecule has 1 aliphatic rings. The number of hydrogen-bond acceptors (Lipinski definition) is 4. The molecule has 2 N–H and O–H groups in total. The van der Waals surface area contributed by atoms with Crippen LogP contribution in [0.25, 0.3) is 0 Å². The molecule has 0 radical (unpaired) electrons. The summed E-state index contributed by atoms with van der Waals surface area (Å²) in [5.74, 6) is -1.43. The minimum Gasteiger partial charge on any atom is -0.480 e. The molecule has 1 heterocycles. The van der Waals surface area contributed by atoms with Crippen molar-refractivity contribution in [3.05, 3.63) is 35.4 Å². The van der Waals surface area contributed by atoms with E-state index in [1.54, 1.807) is 0 Å². The van der Waals surface area contributed by atoms with Crippen LogP contribution in [0, 0.1) is 0 Å². The van der Waals surface area contributed by atoms with Gasteiger partial charge >= 0.3 is 5.97 Å². The van der Waals surface area contributed by atoms with Crippen LogP contribution in [-0.4, -0.2) is 49.1 Å². The monoisotopic (exact) mass is 326 g/mol. The molecule has 1 aliphatic heterocycles. The van der Waals surface area contributed by atoms with Crippen molar-refractivity contribution in [2.45, 2.75) is 25.4 Å². The minimum atomic E-state index is -3.37. The first kappa shape index (κ1) is 16.4. The Morgan fingerprint density at radius 2 is 1.95 bits per heavy atom. The standard InChI is InChI=1S/C14H18N2O5S/c1-22(20,21)15-7-6-13(17)16-9-11-5-3-2-4-10(11)8-12(16)14(18)19/h2-5,12,15H,6-9H2,1H3,(H,18,19). The summed E-state index contributed by atoms with van der Waals surface area (Å²) in [5.41, 5.74) is 1.85. The fraction of sp³-hybridized carbons (Fsp3) is 0.429. The van der Waals surface area contributed by atoms with E-state index < -0.39 is 22.0 Å². The van der Waals surface area contributed by atoms with Gasteiger partial charge in [-0.15, -0.1) is 0 Å². The highest BCUT2D eigenvalue weighted by molar-refractivity contribution is 7.88. The molecule has 1 aromatic rings. The van der Waals surface area contributed by atoms with Crippen LogP contribution in [0.15, 0.2) is 24.3 Å². The van der Waals surface area contributed by atoms with E-state index in [-0.39, 0.29) is 31.8 Å². The summed E-state index contributed by atoms with van der Waals surface area (Å²) < 4.78 is 24.2. The summed E-state index contributed by atoms with van der Waals surface area (Å²) in [6.45, 7) is 0.188. The lowest BCUT2D eigenvalue weighted by atomic mass is 9.93. The number of rotatable bonds is 5. The normalized spacial score (nSPS) is 17.9. The van der Waals surface area contributed by atoms with E-state index in [1.807, 2.05) is 24.3 Å². The van der Waals surface area contributed by atoms with Crippen molar-refractivity contribution in [3.8, 4) is 0 Å². The van der Waals surface area contributed by atoms with Gasteiger partial charge in [0.05, 0.1) is 6.26 Å². The molecule has 0 bridgehead atoms. The van der Waals surface area contributed by atoms with E-state index in [0.717, 1.165) is 17.4 Å². The van der Waals surface area contributed by atoms with Gasteiger partial charge in [-0.25, -0.2) is 17.9 Å². The summed E-state index contributed by atoms with van der Waals surface area (Å²) in [5, 5.41) is 9.33. The van der Waals surface area contributed by atoms with Crippen molar-refractivity contribution >= 4 is 21.9 Å². The van der Waals surface area contributed by atoms with Crippen molar-refractivity contribution in [1.29, 1.82) is 0 Å². The fourth-order valence-electron chi connectivity index (χ4n) is 2.49. The quantitative estimate of drug-likeness (QED) is 0.790. The zero-order chi connectivity index (χ0) is 16.3. The maximum atomic E-state index is 12.2. The highest BCUT2D eigenvalue weighted by atomic mass is 32.2. The van der Waals surface area contributed by atoms with Gasteiger partial charge in [-0.3, -0.25) is 4.79 Å². The molecule has 0 aromatic heterocycles. The largest absolute Gasteiger partial charge is 0.480 e. The number of carboxylic acids is 1. The van der Waals surface area contributed by atoms with Crippen LogP contribution < -0.4 is 4.72 Å². The van der Waals surface area contributed by atoms with Crippen molar-refractivity contribution in [2.75, 3.05) is 12.8 Å². The van der Waals surface area contributed by atoms with Gasteiger partial charge in [0.1, 0.15) is 6.04 Å². The molecule has 0 fully saturated rings. The van der Waals surface area contributed by atoms with Gasteiger partial charge in [-0.1, -0.05) is 24.3 Å². The first-order valence-electron chi connectivity index (χ1n) is 6.81. The van der Waals surface area contributed by atoms with E-state index in [0.29, 0.717) is 0 Å². The van der Waals surface area contributed by atoms with Crippen molar-refractivity contribution in [1.82, 2.24) is 9.62 Å². The number of amides is 1. The van der Waals surface area contributed by atoms with Gasteiger partial charge in [0, 0.05) is 25.9 Å². The second-order valence-corrected chi connectivity index (χ2v) is 7.10. The molecule has 0 saturated heterocycles. The second-order valence-electron chi connectivity index (χ2n) is 5.27. The number of hydrogen-bond donors (Lipinski definition) is 2. The highest BCUT2D eigenvalue weighted by Gasteiger charge is 2.34. The Kier molecular flexibility index (Phi) is 4.82.